The molecule has 0 radical (unpaired) electrons. The maximum atomic E-state index is 12.7. The first-order valence-corrected chi connectivity index (χ1v) is 10.4. The van der Waals surface area contributed by atoms with Crippen LogP contribution in [0.5, 0.6) is 0 Å². The van der Waals surface area contributed by atoms with Gasteiger partial charge in [0, 0.05) is 42.8 Å². The van der Waals surface area contributed by atoms with E-state index in [0.29, 0.717) is 54.0 Å². The summed E-state index contributed by atoms with van der Waals surface area (Å²) in [6, 6.07) is 12.4. The first-order valence-electron chi connectivity index (χ1n) is 10.4. The van der Waals surface area contributed by atoms with Crippen LogP contribution in [0.3, 0.4) is 0 Å². The number of rotatable bonds is 5. The second kappa shape index (κ2) is 8.19. The lowest BCUT2D eigenvalue weighted by atomic mass is 10.0. The molecular weight excluding hydrogens is 418 g/mol. The summed E-state index contributed by atoms with van der Waals surface area (Å²) in [5.74, 6) is 0.746. The van der Waals surface area contributed by atoms with E-state index < -0.39 is 0 Å². The summed E-state index contributed by atoms with van der Waals surface area (Å²) in [6.07, 6.45) is 6.33. The molecule has 4 aromatic rings. The van der Waals surface area contributed by atoms with Gasteiger partial charge in [0.25, 0.3) is 0 Å². The molecule has 1 saturated heterocycles. The van der Waals surface area contributed by atoms with E-state index in [-0.39, 0.29) is 11.7 Å². The summed E-state index contributed by atoms with van der Waals surface area (Å²) in [5, 5.41) is 0. The zero-order chi connectivity index (χ0) is 22.9. The number of carbonyl (C=O) groups excluding carboxylic acids is 2. The van der Waals surface area contributed by atoms with Gasteiger partial charge < -0.3 is 15.5 Å². The molecule has 9 heteroatoms. The molecule has 0 aliphatic carbocycles. The maximum absolute atomic E-state index is 12.7. The molecule has 1 aliphatic heterocycles. The van der Waals surface area contributed by atoms with Gasteiger partial charge in [-0.15, -0.1) is 0 Å². The van der Waals surface area contributed by atoms with Gasteiger partial charge >= 0.3 is 0 Å². The van der Waals surface area contributed by atoms with E-state index in [0.717, 1.165) is 5.56 Å². The minimum atomic E-state index is -0.150. The Kier molecular flexibility index (Phi) is 5.06. The van der Waals surface area contributed by atoms with E-state index in [1.807, 2.05) is 21.4 Å². The van der Waals surface area contributed by atoms with Crippen LogP contribution >= 0.6 is 0 Å². The second-order valence-corrected chi connectivity index (χ2v) is 7.62. The zero-order valence-corrected chi connectivity index (χ0v) is 17.8. The van der Waals surface area contributed by atoms with Crippen molar-refractivity contribution in [1.29, 1.82) is 0 Å². The summed E-state index contributed by atoms with van der Waals surface area (Å²) in [5.41, 5.74) is 9.27. The number of ketones is 1. The number of carbonyl (C=O) groups is 2. The summed E-state index contributed by atoms with van der Waals surface area (Å²) in [4.78, 5) is 41.6. The van der Waals surface area contributed by atoms with Crippen molar-refractivity contribution >= 4 is 29.0 Å². The molecule has 1 aromatic carbocycles. The van der Waals surface area contributed by atoms with Crippen LogP contribution in [0.25, 0.3) is 16.8 Å². The molecule has 2 N–H and O–H groups in total. The number of fused-ring (bicyclic) bond motifs is 1. The Labute approximate surface area is 189 Å². The molecule has 9 nitrogen and oxygen atoms in total. The monoisotopic (exact) mass is 439 g/mol. The maximum Gasteiger partial charge on any atom is 0.247 e. The standard InChI is InChI=1S/C24H21N7O2/c1-2-19(32)29-13-14-30(15-29)24-28-20(21-23(25)27-11-12-31(21)24)16-6-8-17(9-7-16)22(33)18-5-3-4-10-26-18/h2-12H,1,13-15H2,(H2,25,27). The largest absolute Gasteiger partial charge is 0.382 e. The number of hydrogen-bond donors (Lipinski definition) is 1. The van der Waals surface area contributed by atoms with Crippen LogP contribution in [0.2, 0.25) is 0 Å². The minimum absolute atomic E-state index is 0.118. The molecule has 0 unspecified atom stereocenters. The van der Waals surface area contributed by atoms with Gasteiger partial charge in [-0.3, -0.25) is 19.0 Å². The smallest absolute Gasteiger partial charge is 0.247 e. The van der Waals surface area contributed by atoms with Crippen LogP contribution in [0.4, 0.5) is 11.8 Å². The highest BCUT2D eigenvalue weighted by molar-refractivity contribution is 6.08. The predicted octanol–water partition coefficient (Wildman–Crippen LogP) is 2.40. The lowest BCUT2D eigenvalue weighted by Crippen LogP contribution is -2.30. The fraction of sp³-hybridized carbons (Fsp3) is 0.125. The SMILES string of the molecule is C=CC(=O)N1CCN(c2nc(-c3ccc(C(=O)c4ccccn4)cc3)c3c(N)nccn23)C1. The number of nitrogens with two attached hydrogens (primary N) is 1. The topological polar surface area (TPSA) is 110 Å². The molecular formula is C24H21N7O2. The predicted molar refractivity (Wildman–Crippen MR) is 125 cm³/mol. The number of pyridine rings is 1. The van der Waals surface area contributed by atoms with E-state index in [9.17, 15) is 9.59 Å². The number of hydrogen-bond acceptors (Lipinski definition) is 7. The molecule has 0 atom stereocenters. The van der Waals surface area contributed by atoms with Crippen LogP contribution in [-0.4, -0.2) is 55.7 Å². The molecule has 164 valence electrons. The fourth-order valence-corrected chi connectivity index (χ4v) is 3.96. The van der Waals surface area contributed by atoms with Crippen molar-refractivity contribution in [2.75, 3.05) is 30.4 Å². The Balaban J connectivity index is 1.52. The number of amides is 1. The third kappa shape index (κ3) is 3.59. The van der Waals surface area contributed by atoms with Crippen molar-refractivity contribution in [3.05, 3.63) is 85.0 Å². The van der Waals surface area contributed by atoms with E-state index in [4.69, 9.17) is 10.7 Å². The number of imidazole rings is 1. The number of nitrogen functional groups attached to an aromatic ring is 1. The van der Waals surface area contributed by atoms with E-state index in [1.54, 1.807) is 53.8 Å². The average molecular weight is 439 g/mol. The van der Waals surface area contributed by atoms with Gasteiger partial charge in [-0.2, -0.15) is 0 Å². The Hall–Kier alpha value is -4.53. The quantitative estimate of drug-likeness (QED) is 0.376. The van der Waals surface area contributed by atoms with Crippen LogP contribution in [0.1, 0.15) is 16.1 Å². The van der Waals surface area contributed by atoms with Crippen molar-refractivity contribution in [2.24, 2.45) is 0 Å². The Morgan fingerprint density at radius 2 is 1.85 bits per heavy atom. The van der Waals surface area contributed by atoms with E-state index in [2.05, 4.69) is 16.5 Å². The molecule has 0 bridgehead atoms. The second-order valence-electron chi connectivity index (χ2n) is 7.62. The summed E-state index contributed by atoms with van der Waals surface area (Å²) < 4.78 is 1.88. The molecule has 0 saturated carbocycles. The normalized spacial score (nSPS) is 13.5. The van der Waals surface area contributed by atoms with Gasteiger partial charge in [-0.1, -0.05) is 36.9 Å². The van der Waals surface area contributed by atoms with E-state index >= 15 is 0 Å². The van der Waals surface area contributed by atoms with Gasteiger partial charge in [0.15, 0.2) is 0 Å². The Bertz CT molecular complexity index is 1360. The molecule has 3 aromatic heterocycles. The number of anilines is 2. The highest BCUT2D eigenvalue weighted by atomic mass is 16.2. The van der Waals surface area contributed by atoms with Crippen molar-refractivity contribution in [3.8, 4) is 11.3 Å². The average Bonchev–Trinajstić information content (AvgIpc) is 3.50. The van der Waals surface area contributed by atoms with Gasteiger partial charge in [-0.05, 0) is 18.2 Å². The third-order valence-corrected chi connectivity index (χ3v) is 5.63. The number of aromatic nitrogens is 4. The molecule has 4 heterocycles. The Morgan fingerprint density at radius 1 is 1.03 bits per heavy atom. The first kappa shape index (κ1) is 20.4. The highest BCUT2D eigenvalue weighted by Crippen LogP contribution is 2.32. The third-order valence-electron chi connectivity index (χ3n) is 5.63. The zero-order valence-electron chi connectivity index (χ0n) is 17.8. The van der Waals surface area contributed by atoms with Crippen molar-refractivity contribution in [1.82, 2.24) is 24.3 Å². The van der Waals surface area contributed by atoms with Gasteiger partial charge in [0.1, 0.15) is 22.7 Å². The summed E-state index contributed by atoms with van der Waals surface area (Å²) >= 11 is 0. The molecule has 1 amide bonds. The van der Waals surface area contributed by atoms with Crippen molar-refractivity contribution in [2.45, 2.75) is 0 Å². The van der Waals surface area contributed by atoms with Crippen molar-refractivity contribution < 1.29 is 9.59 Å². The van der Waals surface area contributed by atoms with Gasteiger partial charge in [0.05, 0.1) is 6.67 Å². The molecule has 33 heavy (non-hydrogen) atoms. The highest BCUT2D eigenvalue weighted by Gasteiger charge is 2.27. The van der Waals surface area contributed by atoms with Gasteiger partial charge in [-0.25, -0.2) is 9.97 Å². The van der Waals surface area contributed by atoms with E-state index in [1.165, 1.54) is 6.08 Å². The van der Waals surface area contributed by atoms with Gasteiger partial charge in [0.2, 0.25) is 17.6 Å². The summed E-state index contributed by atoms with van der Waals surface area (Å²) in [6.45, 7) is 5.19. The molecule has 5 rings (SSSR count). The fourth-order valence-electron chi connectivity index (χ4n) is 3.96. The van der Waals surface area contributed by atoms with Crippen LogP contribution in [-0.2, 0) is 4.79 Å². The lowest BCUT2D eigenvalue weighted by molar-refractivity contribution is -0.124. The molecule has 0 spiro atoms. The first-order chi connectivity index (χ1) is 16.1. The number of nitrogens with zero attached hydrogens (tertiary/aromatic N) is 6. The van der Waals surface area contributed by atoms with Crippen LogP contribution < -0.4 is 10.6 Å². The minimum Gasteiger partial charge on any atom is -0.382 e. The summed E-state index contributed by atoms with van der Waals surface area (Å²) in [7, 11) is 0. The van der Waals surface area contributed by atoms with Crippen LogP contribution in [0.15, 0.2) is 73.7 Å². The van der Waals surface area contributed by atoms with Crippen LogP contribution in [0, 0.1) is 0 Å². The lowest BCUT2D eigenvalue weighted by Gasteiger charge is -2.17. The van der Waals surface area contributed by atoms with Crippen molar-refractivity contribution in [3.63, 3.8) is 0 Å². The molecule has 1 aliphatic rings. The Morgan fingerprint density at radius 3 is 2.58 bits per heavy atom. The number of benzene rings is 1. The molecule has 1 fully saturated rings.